The second kappa shape index (κ2) is 10.1. The van der Waals surface area contributed by atoms with Crippen LogP contribution in [-0.2, 0) is 23.4 Å². The highest BCUT2D eigenvalue weighted by Gasteiger charge is 2.31. The number of hydrogen-bond acceptors (Lipinski definition) is 6. The molecule has 1 amide bonds. The van der Waals surface area contributed by atoms with Crippen LogP contribution in [0.5, 0.6) is 5.75 Å². The smallest absolute Gasteiger partial charge is 0.287 e. The lowest BCUT2D eigenvalue weighted by molar-refractivity contribution is 0.100. The zero-order valence-electron chi connectivity index (χ0n) is 21.7. The van der Waals surface area contributed by atoms with E-state index in [1.54, 1.807) is 29.4 Å². The van der Waals surface area contributed by atoms with Crippen molar-refractivity contribution in [2.75, 3.05) is 6.26 Å². The van der Waals surface area contributed by atoms with Gasteiger partial charge < -0.3 is 4.74 Å². The van der Waals surface area contributed by atoms with Gasteiger partial charge in [0.15, 0.2) is 0 Å². The van der Waals surface area contributed by atoms with Gasteiger partial charge in [0.25, 0.3) is 5.91 Å². The fourth-order valence-electron chi connectivity index (χ4n) is 4.55. The van der Waals surface area contributed by atoms with Crippen molar-refractivity contribution in [3.05, 3.63) is 96.6 Å². The number of para-hydroxylation sites is 1. The first-order chi connectivity index (χ1) is 18.9. The molecule has 0 bridgehead atoms. The summed E-state index contributed by atoms with van der Waals surface area (Å²) in [5.41, 5.74) is 5.39. The third-order valence-corrected chi connectivity index (χ3v) is 9.00. The highest BCUT2D eigenvalue weighted by Crippen LogP contribution is 2.32. The molecule has 39 heavy (non-hydrogen) atoms. The number of ether oxygens (including phenoxy) is 1. The van der Waals surface area contributed by atoms with E-state index in [0.717, 1.165) is 46.1 Å². The highest BCUT2D eigenvalue weighted by molar-refractivity contribution is 7.94. The van der Waals surface area contributed by atoms with Gasteiger partial charge in [-0.25, -0.2) is 9.19 Å². The number of fused-ring (bicyclic) bond motifs is 1. The van der Waals surface area contributed by atoms with Crippen LogP contribution in [0, 0.1) is 0 Å². The monoisotopic (exact) mass is 537 g/mol. The van der Waals surface area contributed by atoms with Crippen LogP contribution in [0.15, 0.2) is 89.7 Å². The van der Waals surface area contributed by atoms with Gasteiger partial charge in [-0.05, 0) is 66.9 Å². The molecule has 8 nitrogen and oxygen atoms in total. The lowest BCUT2D eigenvalue weighted by Crippen LogP contribution is -2.12. The standard InChI is InChI=1S/C30H27N5O3S/c1-35-18-26(20-13-15-31-16-14-20)29(33-35)21-7-9-23(10-8-21)38-19-28-25(17-22-5-3-4-6-27(22)32-28)30(36)34-39(2,37)24-11-12-24/h3-10,13-18,24H,11-12,19H2,1-2H3. The highest BCUT2D eigenvalue weighted by atomic mass is 32.2. The number of aromatic nitrogens is 4. The number of hydrogen-bond donors (Lipinski definition) is 0. The second-order valence-electron chi connectivity index (χ2n) is 9.75. The van der Waals surface area contributed by atoms with Gasteiger partial charge in [0.1, 0.15) is 18.1 Å². The van der Waals surface area contributed by atoms with Crippen molar-refractivity contribution in [3.8, 4) is 28.1 Å². The summed E-state index contributed by atoms with van der Waals surface area (Å²) in [6, 6.07) is 20.9. The molecule has 1 unspecified atom stereocenters. The van der Waals surface area contributed by atoms with Crippen LogP contribution in [-0.4, -0.2) is 41.4 Å². The van der Waals surface area contributed by atoms with E-state index >= 15 is 0 Å². The molecule has 1 saturated carbocycles. The molecule has 1 aliphatic carbocycles. The van der Waals surface area contributed by atoms with Crippen LogP contribution in [0.4, 0.5) is 0 Å². The maximum Gasteiger partial charge on any atom is 0.287 e. The SMILES string of the molecule is Cn1cc(-c2ccncc2)c(-c2ccc(OCc3nc4ccccc4cc3C(=O)N=S(C)(=O)C3CC3)cc2)n1. The van der Waals surface area contributed by atoms with Crippen LogP contribution in [0.3, 0.4) is 0 Å². The van der Waals surface area contributed by atoms with Gasteiger partial charge in [-0.15, -0.1) is 0 Å². The van der Waals surface area contributed by atoms with E-state index in [9.17, 15) is 9.00 Å². The Hall–Kier alpha value is -4.37. The van der Waals surface area contributed by atoms with Gasteiger partial charge in [0, 0.05) is 53.7 Å². The fraction of sp³-hybridized carbons (Fsp3) is 0.200. The topological polar surface area (TPSA) is 99.3 Å². The Balaban J connectivity index is 1.27. The van der Waals surface area contributed by atoms with E-state index in [-0.39, 0.29) is 11.9 Å². The van der Waals surface area contributed by atoms with Crippen molar-refractivity contribution in [2.24, 2.45) is 11.4 Å². The minimum Gasteiger partial charge on any atom is -0.487 e. The molecule has 0 aliphatic heterocycles. The number of carbonyl (C=O) groups excluding carboxylic acids is 1. The Morgan fingerprint density at radius 2 is 1.79 bits per heavy atom. The third-order valence-electron chi connectivity index (χ3n) is 6.76. The number of pyridine rings is 2. The van der Waals surface area contributed by atoms with Crippen LogP contribution >= 0.6 is 0 Å². The average Bonchev–Trinajstić information content (AvgIpc) is 3.74. The minimum absolute atomic E-state index is 0.00809. The largest absolute Gasteiger partial charge is 0.487 e. The van der Waals surface area contributed by atoms with Crippen LogP contribution < -0.4 is 4.74 Å². The maximum absolute atomic E-state index is 13.2. The van der Waals surface area contributed by atoms with Crippen LogP contribution in [0.25, 0.3) is 33.3 Å². The molecular weight excluding hydrogens is 510 g/mol. The molecule has 3 heterocycles. The first-order valence-corrected chi connectivity index (χ1v) is 14.7. The number of benzene rings is 2. The van der Waals surface area contributed by atoms with E-state index in [1.807, 2.05) is 73.9 Å². The molecule has 0 saturated heterocycles. The number of aryl methyl sites for hydroxylation is 1. The van der Waals surface area contributed by atoms with Crippen molar-refractivity contribution < 1.29 is 13.7 Å². The Kier molecular flexibility index (Phi) is 6.44. The van der Waals surface area contributed by atoms with Crippen LogP contribution in [0.2, 0.25) is 0 Å². The Morgan fingerprint density at radius 3 is 2.54 bits per heavy atom. The molecule has 1 atom stereocenters. The quantitative estimate of drug-likeness (QED) is 0.265. The molecule has 9 heteroatoms. The molecule has 0 spiro atoms. The van der Waals surface area contributed by atoms with Gasteiger partial charge in [0.2, 0.25) is 0 Å². The summed E-state index contributed by atoms with van der Waals surface area (Å²) in [5.74, 6) is 0.114. The van der Waals surface area contributed by atoms with Gasteiger partial charge in [-0.2, -0.15) is 9.46 Å². The predicted octanol–water partition coefficient (Wildman–Crippen LogP) is 5.68. The number of carbonyl (C=O) groups is 1. The van der Waals surface area contributed by atoms with Crippen molar-refractivity contribution in [1.29, 1.82) is 0 Å². The van der Waals surface area contributed by atoms with Crippen LogP contribution in [0.1, 0.15) is 28.9 Å². The lowest BCUT2D eigenvalue weighted by Gasteiger charge is -2.11. The van der Waals surface area contributed by atoms with E-state index in [2.05, 4.69) is 14.4 Å². The molecule has 0 radical (unpaired) electrons. The molecule has 5 aromatic rings. The lowest BCUT2D eigenvalue weighted by atomic mass is 10.0. The molecule has 196 valence electrons. The summed E-state index contributed by atoms with van der Waals surface area (Å²) in [6.07, 6.45) is 8.77. The second-order valence-corrected chi connectivity index (χ2v) is 12.3. The Bertz CT molecular complexity index is 1800. The van der Waals surface area contributed by atoms with Gasteiger partial charge in [-0.1, -0.05) is 18.2 Å². The zero-order chi connectivity index (χ0) is 27.0. The van der Waals surface area contributed by atoms with E-state index in [0.29, 0.717) is 17.0 Å². The van der Waals surface area contributed by atoms with Crippen molar-refractivity contribution in [1.82, 2.24) is 19.7 Å². The van der Waals surface area contributed by atoms with Gasteiger partial charge in [0.05, 0.1) is 26.5 Å². The summed E-state index contributed by atoms with van der Waals surface area (Å²) in [5, 5.41) is 5.47. The fourth-order valence-corrected chi connectivity index (χ4v) is 6.14. The third kappa shape index (κ3) is 5.31. The zero-order valence-corrected chi connectivity index (χ0v) is 22.5. The number of amides is 1. The summed E-state index contributed by atoms with van der Waals surface area (Å²) < 4.78 is 24.9. The normalized spacial score (nSPS) is 14.6. The van der Waals surface area contributed by atoms with Crippen molar-refractivity contribution >= 4 is 26.5 Å². The first kappa shape index (κ1) is 24.9. The van der Waals surface area contributed by atoms with Crippen molar-refractivity contribution in [3.63, 3.8) is 0 Å². The summed E-state index contributed by atoms with van der Waals surface area (Å²) in [6.45, 7) is 0.0704. The Morgan fingerprint density at radius 1 is 1.05 bits per heavy atom. The van der Waals surface area contributed by atoms with E-state index < -0.39 is 15.6 Å². The average molecular weight is 538 g/mol. The summed E-state index contributed by atoms with van der Waals surface area (Å²) >= 11 is 0. The molecule has 3 aromatic heterocycles. The van der Waals surface area contributed by atoms with E-state index in [1.165, 1.54) is 0 Å². The molecule has 0 N–H and O–H groups in total. The predicted molar refractivity (Wildman–Crippen MR) is 152 cm³/mol. The molecular formula is C30H27N5O3S. The molecule has 1 aliphatic rings. The Labute approximate surface area is 226 Å². The first-order valence-electron chi connectivity index (χ1n) is 12.7. The minimum atomic E-state index is -2.58. The number of rotatable bonds is 7. The molecule has 1 fully saturated rings. The molecule has 6 rings (SSSR count). The summed E-state index contributed by atoms with van der Waals surface area (Å²) in [7, 11) is -0.681. The van der Waals surface area contributed by atoms with Crippen molar-refractivity contribution in [2.45, 2.75) is 24.7 Å². The maximum atomic E-state index is 13.2. The van der Waals surface area contributed by atoms with E-state index in [4.69, 9.17) is 9.72 Å². The van der Waals surface area contributed by atoms with Gasteiger partial charge >= 0.3 is 0 Å². The summed E-state index contributed by atoms with van der Waals surface area (Å²) in [4.78, 5) is 22.0. The number of nitrogens with zero attached hydrogens (tertiary/aromatic N) is 5. The molecule has 2 aromatic carbocycles. The van der Waals surface area contributed by atoms with Gasteiger partial charge in [-0.3, -0.25) is 14.5 Å².